The van der Waals surface area contributed by atoms with Crippen LogP contribution < -0.4 is 0 Å². The molecule has 0 bridgehead atoms. The minimum atomic E-state index is 0.140. The predicted octanol–water partition coefficient (Wildman–Crippen LogP) is 8.71. The SMILES string of the molecule is CC(C)(C)Cc1ccc2c(c1)sc1c(-c3cc(CC(C)(C)C)c4ccc(C#N)cc4c3)ncnc12. The second-order valence-electron chi connectivity index (χ2n) is 12.0. The second kappa shape index (κ2) is 8.43. The summed E-state index contributed by atoms with van der Waals surface area (Å²) in [7, 11) is 0. The van der Waals surface area contributed by atoms with Crippen molar-refractivity contribution in [2.75, 3.05) is 0 Å². The number of nitriles is 1. The highest BCUT2D eigenvalue weighted by molar-refractivity contribution is 7.26. The summed E-state index contributed by atoms with van der Waals surface area (Å²) in [5.74, 6) is 0. The molecule has 0 spiro atoms. The molecular weight excluding hydrogens is 446 g/mol. The van der Waals surface area contributed by atoms with Crippen LogP contribution in [0.2, 0.25) is 0 Å². The van der Waals surface area contributed by atoms with Crippen molar-refractivity contribution in [3.63, 3.8) is 0 Å². The van der Waals surface area contributed by atoms with Crippen LogP contribution in [0.1, 0.15) is 58.2 Å². The molecule has 5 aromatic rings. The van der Waals surface area contributed by atoms with Crippen LogP contribution in [-0.4, -0.2) is 9.97 Å². The van der Waals surface area contributed by atoms with Crippen molar-refractivity contribution in [1.29, 1.82) is 5.26 Å². The molecule has 0 aliphatic heterocycles. The highest BCUT2D eigenvalue weighted by atomic mass is 32.1. The van der Waals surface area contributed by atoms with Crippen LogP contribution in [0.3, 0.4) is 0 Å². The van der Waals surface area contributed by atoms with Crippen molar-refractivity contribution < 1.29 is 0 Å². The first-order valence-corrected chi connectivity index (χ1v) is 13.0. The Morgan fingerprint density at radius 3 is 2.29 bits per heavy atom. The Kier molecular flexibility index (Phi) is 5.65. The molecule has 176 valence electrons. The molecule has 0 radical (unpaired) electrons. The number of hydrogen-bond acceptors (Lipinski definition) is 4. The first kappa shape index (κ1) is 23.5. The van der Waals surface area contributed by atoms with E-state index < -0.39 is 0 Å². The van der Waals surface area contributed by atoms with E-state index >= 15 is 0 Å². The molecule has 2 aromatic heterocycles. The Hall–Kier alpha value is -3.29. The maximum absolute atomic E-state index is 9.49. The molecule has 5 rings (SSSR count). The molecule has 0 saturated carbocycles. The van der Waals surface area contributed by atoms with Crippen molar-refractivity contribution in [3.8, 4) is 17.3 Å². The summed E-state index contributed by atoms with van der Waals surface area (Å²) in [6.45, 7) is 13.6. The fourth-order valence-electron chi connectivity index (χ4n) is 4.92. The van der Waals surface area contributed by atoms with Crippen LogP contribution in [0.15, 0.2) is 54.9 Å². The molecule has 35 heavy (non-hydrogen) atoms. The first-order valence-electron chi connectivity index (χ1n) is 12.1. The molecule has 0 N–H and O–H groups in total. The number of fused-ring (bicyclic) bond motifs is 4. The Balaban J connectivity index is 1.73. The van der Waals surface area contributed by atoms with E-state index in [1.807, 2.05) is 12.1 Å². The van der Waals surface area contributed by atoms with Crippen molar-refractivity contribution >= 4 is 42.4 Å². The third kappa shape index (κ3) is 4.79. The van der Waals surface area contributed by atoms with E-state index in [0.717, 1.165) is 39.7 Å². The van der Waals surface area contributed by atoms with Crippen LogP contribution in [0.5, 0.6) is 0 Å². The topological polar surface area (TPSA) is 49.6 Å². The van der Waals surface area contributed by atoms with Gasteiger partial charge in [0.2, 0.25) is 0 Å². The molecule has 0 aliphatic rings. The number of aromatic nitrogens is 2. The minimum absolute atomic E-state index is 0.140. The van der Waals surface area contributed by atoms with E-state index in [2.05, 4.69) is 89.0 Å². The van der Waals surface area contributed by atoms with E-state index in [4.69, 9.17) is 4.98 Å². The molecule has 0 amide bonds. The van der Waals surface area contributed by atoms with Gasteiger partial charge in [-0.15, -0.1) is 11.3 Å². The zero-order chi connectivity index (χ0) is 25.0. The summed E-state index contributed by atoms with van der Waals surface area (Å²) in [5.41, 5.74) is 6.77. The van der Waals surface area contributed by atoms with Gasteiger partial charge in [0.25, 0.3) is 0 Å². The summed E-state index contributed by atoms with van der Waals surface area (Å²) in [6, 6.07) is 19.5. The van der Waals surface area contributed by atoms with E-state index in [1.54, 1.807) is 17.7 Å². The molecule has 0 saturated heterocycles. The third-order valence-electron chi connectivity index (χ3n) is 6.21. The number of benzene rings is 3. The molecule has 4 heteroatoms. The molecule has 0 unspecified atom stereocenters. The molecule has 3 nitrogen and oxygen atoms in total. The normalized spacial score (nSPS) is 12.5. The Labute approximate surface area is 211 Å². The predicted molar refractivity (Wildman–Crippen MR) is 149 cm³/mol. The lowest BCUT2D eigenvalue weighted by molar-refractivity contribution is 0.411. The van der Waals surface area contributed by atoms with Gasteiger partial charge in [0.05, 0.1) is 27.5 Å². The van der Waals surface area contributed by atoms with Gasteiger partial charge in [-0.2, -0.15) is 5.26 Å². The second-order valence-corrected chi connectivity index (χ2v) is 13.0. The monoisotopic (exact) mass is 477 g/mol. The Morgan fingerprint density at radius 2 is 1.57 bits per heavy atom. The van der Waals surface area contributed by atoms with Crippen molar-refractivity contribution in [2.45, 2.75) is 54.4 Å². The number of rotatable bonds is 3. The Morgan fingerprint density at radius 1 is 0.829 bits per heavy atom. The Bertz CT molecular complexity index is 1620. The van der Waals surface area contributed by atoms with Gasteiger partial charge in [0.15, 0.2) is 0 Å². The minimum Gasteiger partial charge on any atom is -0.235 e. The van der Waals surface area contributed by atoms with Crippen LogP contribution in [0, 0.1) is 22.2 Å². The summed E-state index contributed by atoms with van der Waals surface area (Å²) in [4.78, 5) is 9.46. The van der Waals surface area contributed by atoms with Gasteiger partial charge < -0.3 is 0 Å². The quantitative estimate of drug-likeness (QED) is 0.261. The summed E-state index contributed by atoms with van der Waals surface area (Å²) >= 11 is 1.78. The maximum Gasteiger partial charge on any atom is 0.116 e. The largest absolute Gasteiger partial charge is 0.235 e. The fourth-order valence-corrected chi connectivity index (χ4v) is 6.15. The van der Waals surface area contributed by atoms with E-state index in [1.165, 1.54) is 26.6 Å². The van der Waals surface area contributed by atoms with Gasteiger partial charge in [-0.05, 0) is 75.9 Å². The summed E-state index contributed by atoms with van der Waals surface area (Å²) in [5, 5.41) is 13.0. The van der Waals surface area contributed by atoms with Crippen LogP contribution in [-0.2, 0) is 12.8 Å². The van der Waals surface area contributed by atoms with Gasteiger partial charge >= 0.3 is 0 Å². The van der Waals surface area contributed by atoms with Gasteiger partial charge in [-0.3, -0.25) is 0 Å². The summed E-state index contributed by atoms with van der Waals surface area (Å²) < 4.78 is 2.37. The maximum atomic E-state index is 9.49. The average molecular weight is 478 g/mol. The zero-order valence-corrected chi connectivity index (χ0v) is 22.2. The van der Waals surface area contributed by atoms with Crippen molar-refractivity contribution in [3.05, 3.63) is 71.5 Å². The van der Waals surface area contributed by atoms with Gasteiger partial charge in [-0.25, -0.2) is 9.97 Å². The lowest BCUT2D eigenvalue weighted by Gasteiger charge is -2.20. The smallest absolute Gasteiger partial charge is 0.116 e. The van der Waals surface area contributed by atoms with Crippen LogP contribution in [0.25, 0.3) is 42.3 Å². The fraction of sp³-hybridized carbons (Fsp3) is 0.323. The van der Waals surface area contributed by atoms with Crippen LogP contribution in [0.4, 0.5) is 0 Å². The van der Waals surface area contributed by atoms with Crippen LogP contribution >= 0.6 is 11.3 Å². The molecule has 3 aromatic carbocycles. The molecule has 2 heterocycles. The highest BCUT2D eigenvalue weighted by Gasteiger charge is 2.19. The number of thiophene rings is 1. The number of nitrogens with zero attached hydrogens (tertiary/aromatic N) is 3. The highest BCUT2D eigenvalue weighted by Crippen LogP contribution is 2.40. The number of hydrogen-bond donors (Lipinski definition) is 0. The molecule has 0 aliphatic carbocycles. The summed E-state index contributed by atoms with van der Waals surface area (Å²) in [6.07, 6.45) is 3.67. The lowest BCUT2D eigenvalue weighted by atomic mass is 9.85. The molecular formula is C31H31N3S. The zero-order valence-electron chi connectivity index (χ0n) is 21.4. The van der Waals surface area contributed by atoms with E-state index in [-0.39, 0.29) is 10.8 Å². The standard InChI is InChI=1S/C31H31N3S/c1-30(2,3)15-19-7-10-25-26(12-19)35-29-27(33-18-34-28(25)29)22-13-21-11-20(17-32)8-9-24(21)23(14-22)16-31(4,5)6/h7-14,18H,15-16H2,1-6H3. The van der Waals surface area contributed by atoms with E-state index in [9.17, 15) is 5.26 Å². The average Bonchev–Trinajstić information content (AvgIpc) is 3.14. The molecule has 0 atom stereocenters. The van der Waals surface area contributed by atoms with E-state index in [0.29, 0.717) is 5.56 Å². The van der Waals surface area contributed by atoms with Crippen molar-refractivity contribution in [2.24, 2.45) is 10.8 Å². The van der Waals surface area contributed by atoms with Gasteiger partial charge in [-0.1, -0.05) is 59.7 Å². The lowest BCUT2D eigenvalue weighted by Crippen LogP contribution is -2.09. The first-order chi connectivity index (χ1) is 16.5. The van der Waals surface area contributed by atoms with Gasteiger partial charge in [0.1, 0.15) is 6.33 Å². The molecule has 0 fully saturated rings. The van der Waals surface area contributed by atoms with Gasteiger partial charge in [0, 0.05) is 15.6 Å². The van der Waals surface area contributed by atoms with Crippen molar-refractivity contribution in [1.82, 2.24) is 9.97 Å². The third-order valence-corrected chi connectivity index (χ3v) is 7.36.